The van der Waals surface area contributed by atoms with Gasteiger partial charge in [-0.3, -0.25) is 0 Å². The molecule has 0 heterocycles. The van der Waals surface area contributed by atoms with Gasteiger partial charge in [0.25, 0.3) is 0 Å². The van der Waals surface area contributed by atoms with Crippen molar-refractivity contribution < 1.29 is 10.2 Å². The molecular weight excluding hydrogens is 236 g/mol. The number of phenols is 1. The highest BCUT2D eigenvalue weighted by Gasteiger charge is 2.30. The quantitative estimate of drug-likeness (QED) is 0.880. The molecule has 0 aliphatic carbocycles. The number of hydrogen-bond donors (Lipinski definition) is 2. The molecule has 1 atom stereocenters. The van der Waals surface area contributed by atoms with Crippen molar-refractivity contribution in [3.05, 3.63) is 64.7 Å². The highest BCUT2D eigenvalue weighted by Crippen LogP contribution is 2.35. The van der Waals surface area contributed by atoms with Crippen molar-refractivity contribution in [1.29, 1.82) is 0 Å². The van der Waals surface area contributed by atoms with Gasteiger partial charge in [-0.15, -0.1) is 0 Å². The van der Waals surface area contributed by atoms with Gasteiger partial charge in [-0.2, -0.15) is 0 Å². The second kappa shape index (κ2) is 5.06. The van der Waals surface area contributed by atoms with Gasteiger partial charge < -0.3 is 10.2 Å². The SMILES string of the molecule is CCC(O)(c1ccc(O)cc1)c1cc(C)ccc1C. The lowest BCUT2D eigenvalue weighted by molar-refractivity contribution is 0.0758. The Bertz CT molecular complexity index is 572. The van der Waals surface area contributed by atoms with Gasteiger partial charge in [0.2, 0.25) is 0 Å². The molecule has 100 valence electrons. The van der Waals surface area contributed by atoms with Crippen LogP contribution in [0.5, 0.6) is 5.75 Å². The number of aryl methyl sites for hydroxylation is 2. The van der Waals surface area contributed by atoms with E-state index in [0.717, 1.165) is 22.3 Å². The first kappa shape index (κ1) is 13.6. The Labute approximate surface area is 114 Å². The molecule has 0 fully saturated rings. The van der Waals surface area contributed by atoms with E-state index in [1.54, 1.807) is 24.3 Å². The highest BCUT2D eigenvalue weighted by atomic mass is 16.3. The largest absolute Gasteiger partial charge is 0.508 e. The fraction of sp³-hybridized carbons (Fsp3) is 0.294. The molecule has 0 bridgehead atoms. The second-order valence-electron chi connectivity index (χ2n) is 5.08. The van der Waals surface area contributed by atoms with Crippen molar-refractivity contribution in [3.63, 3.8) is 0 Å². The molecule has 0 aromatic heterocycles. The summed E-state index contributed by atoms with van der Waals surface area (Å²) < 4.78 is 0. The molecule has 1 unspecified atom stereocenters. The predicted molar refractivity (Wildman–Crippen MR) is 77.3 cm³/mol. The topological polar surface area (TPSA) is 40.5 Å². The minimum atomic E-state index is -1.01. The van der Waals surface area contributed by atoms with Crippen molar-refractivity contribution in [1.82, 2.24) is 0 Å². The molecule has 0 amide bonds. The summed E-state index contributed by atoms with van der Waals surface area (Å²) in [4.78, 5) is 0. The Balaban J connectivity index is 2.59. The summed E-state index contributed by atoms with van der Waals surface area (Å²) in [6.45, 7) is 6.00. The molecule has 2 N–H and O–H groups in total. The number of rotatable bonds is 3. The Kier molecular flexibility index (Phi) is 3.63. The number of benzene rings is 2. The highest BCUT2D eigenvalue weighted by molar-refractivity contribution is 5.43. The van der Waals surface area contributed by atoms with Gasteiger partial charge in [-0.1, -0.05) is 42.8 Å². The van der Waals surface area contributed by atoms with Crippen molar-refractivity contribution in [2.75, 3.05) is 0 Å². The Morgan fingerprint density at radius 3 is 2.21 bits per heavy atom. The van der Waals surface area contributed by atoms with Crippen LogP contribution in [-0.4, -0.2) is 10.2 Å². The smallest absolute Gasteiger partial charge is 0.115 e. The zero-order valence-corrected chi connectivity index (χ0v) is 11.6. The molecule has 2 rings (SSSR count). The van der Waals surface area contributed by atoms with E-state index in [4.69, 9.17) is 0 Å². The third-order valence-corrected chi connectivity index (χ3v) is 3.70. The van der Waals surface area contributed by atoms with Gasteiger partial charge in [0.1, 0.15) is 11.4 Å². The molecule has 2 aromatic carbocycles. The first-order valence-electron chi connectivity index (χ1n) is 6.57. The summed E-state index contributed by atoms with van der Waals surface area (Å²) in [6.07, 6.45) is 0.585. The van der Waals surface area contributed by atoms with Crippen LogP contribution in [0.3, 0.4) is 0 Å². The lowest BCUT2D eigenvalue weighted by Crippen LogP contribution is -2.27. The van der Waals surface area contributed by atoms with Crippen molar-refractivity contribution >= 4 is 0 Å². The van der Waals surface area contributed by atoms with E-state index in [1.165, 1.54) is 0 Å². The molecule has 0 aliphatic heterocycles. The van der Waals surface area contributed by atoms with Gasteiger partial charge in [-0.05, 0) is 49.1 Å². The predicted octanol–water partition coefficient (Wildman–Crippen LogP) is 3.65. The standard InChI is InChI=1S/C17H20O2/c1-4-17(19,14-7-9-15(18)10-8-14)16-11-12(2)5-6-13(16)3/h5-11,18-19H,4H2,1-3H3. The normalized spacial score (nSPS) is 14.1. The molecular formula is C17H20O2. The second-order valence-corrected chi connectivity index (χ2v) is 5.08. The Morgan fingerprint density at radius 1 is 1.00 bits per heavy atom. The van der Waals surface area contributed by atoms with E-state index in [0.29, 0.717) is 6.42 Å². The maximum atomic E-state index is 11.1. The molecule has 0 saturated heterocycles. The van der Waals surface area contributed by atoms with Gasteiger partial charge >= 0.3 is 0 Å². The Morgan fingerprint density at radius 2 is 1.63 bits per heavy atom. The summed E-state index contributed by atoms with van der Waals surface area (Å²) in [5.41, 5.74) is 2.93. The van der Waals surface area contributed by atoms with Crippen LogP contribution >= 0.6 is 0 Å². The summed E-state index contributed by atoms with van der Waals surface area (Å²) >= 11 is 0. The van der Waals surface area contributed by atoms with Crippen LogP contribution in [0.4, 0.5) is 0 Å². The van der Waals surface area contributed by atoms with E-state index in [9.17, 15) is 10.2 Å². The molecule has 2 nitrogen and oxygen atoms in total. The van der Waals surface area contributed by atoms with E-state index in [-0.39, 0.29) is 5.75 Å². The molecule has 0 saturated carbocycles. The third-order valence-electron chi connectivity index (χ3n) is 3.70. The summed E-state index contributed by atoms with van der Waals surface area (Å²) in [5, 5.41) is 20.5. The van der Waals surface area contributed by atoms with Crippen LogP contribution in [0.1, 0.15) is 35.6 Å². The molecule has 2 heteroatoms. The fourth-order valence-electron chi connectivity index (χ4n) is 2.47. The van der Waals surface area contributed by atoms with Crippen molar-refractivity contribution in [2.24, 2.45) is 0 Å². The monoisotopic (exact) mass is 256 g/mol. The van der Waals surface area contributed by atoms with Crippen LogP contribution in [-0.2, 0) is 5.60 Å². The van der Waals surface area contributed by atoms with Crippen LogP contribution in [0.25, 0.3) is 0 Å². The van der Waals surface area contributed by atoms with Crippen molar-refractivity contribution in [2.45, 2.75) is 32.8 Å². The van der Waals surface area contributed by atoms with E-state index >= 15 is 0 Å². The van der Waals surface area contributed by atoms with Gasteiger partial charge in [0.15, 0.2) is 0 Å². The summed E-state index contributed by atoms with van der Waals surface area (Å²) in [6, 6.07) is 12.9. The first-order chi connectivity index (χ1) is 8.97. The summed E-state index contributed by atoms with van der Waals surface area (Å²) in [5.74, 6) is 0.211. The average molecular weight is 256 g/mol. The van der Waals surface area contributed by atoms with E-state index < -0.39 is 5.60 Å². The lowest BCUT2D eigenvalue weighted by Gasteiger charge is -2.30. The Hall–Kier alpha value is -1.80. The number of aliphatic hydroxyl groups is 1. The van der Waals surface area contributed by atoms with E-state index in [2.05, 4.69) is 0 Å². The van der Waals surface area contributed by atoms with E-state index in [1.807, 2.05) is 39.0 Å². The van der Waals surface area contributed by atoms with Crippen LogP contribution < -0.4 is 0 Å². The van der Waals surface area contributed by atoms with Crippen molar-refractivity contribution in [3.8, 4) is 5.75 Å². The molecule has 0 radical (unpaired) electrons. The summed E-state index contributed by atoms with van der Waals surface area (Å²) in [7, 11) is 0. The fourth-order valence-corrected chi connectivity index (χ4v) is 2.47. The number of aromatic hydroxyl groups is 1. The van der Waals surface area contributed by atoms with Crippen LogP contribution in [0.2, 0.25) is 0 Å². The van der Waals surface area contributed by atoms with Crippen LogP contribution in [0.15, 0.2) is 42.5 Å². The van der Waals surface area contributed by atoms with Gasteiger partial charge in [0.05, 0.1) is 0 Å². The number of phenolic OH excluding ortho intramolecular Hbond substituents is 1. The zero-order valence-electron chi connectivity index (χ0n) is 11.6. The van der Waals surface area contributed by atoms with Crippen LogP contribution in [0, 0.1) is 13.8 Å². The maximum absolute atomic E-state index is 11.1. The molecule has 2 aromatic rings. The minimum Gasteiger partial charge on any atom is -0.508 e. The van der Waals surface area contributed by atoms with Gasteiger partial charge in [-0.25, -0.2) is 0 Å². The first-order valence-corrected chi connectivity index (χ1v) is 6.57. The third kappa shape index (κ3) is 2.49. The average Bonchev–Trinajstić information content (AvgIpc) is 2.41. The lowest BCUT2D eigenvalue weighted by atomic mass is 9.81. The molecule has 0 spiro atoms. The van der Waals surface area contributed by atoms with Gasteiger partial charge in [0, 0.05) is 0 Å². The molecule has 19 heavy (non-hydrogen) atoms. The molecule has 0 aliphatic rings. The minimum absolute atomic E-state index is 0.211. The number of hydrogen-bond acceptors (Lipinski definition) is 2. The maximum Gasteiger partial charge on any atom is 0.115 e. The zero-order chi connectivity index (χ0) is 14.0.